The van der Waals surface area contributed by atoms with Crippen molar-refractivity contribution in [2.45, 2.75) is 20.0 Å². The van der Waals surface area contributed by atoms with Crippen molar-refractivity contribution in [1.29, 1.82) is 0 Å². The average Bonchev–Trinajstić information content (AvgIpc) is 2.01. The van der Waals surface area contributed by atoms with Crippen LogP contribution in [-0.2, 0) is 0 Å². The molecule has 1 rings (SSSR count). The molecule has 0 spiro atoms. The molecule has 62 valence electrons. The van der Waals surface area contributed by atoms with Crippen LogP contribution >= 0.6 is 0 Å². The lowest BCUT2D eigenvalue weighted by molar-refractivity contribution is 0.253. The lowest BCUT2D eigenvalue weighted by Crippen LogP contribution is -1.94. The summed E-state index contributed by atoms with van der Waals surface area (Å²) in [6, 6.07) is 1.77. The van der Waals surface area contributed by atoms with Crippen LogP contribution in [-0.4, -0.2) is 21.2 Å². The van der Waals surface area contributed by atoms with Crippen LogP contribution in [0, 0.1) is 18.8 Å². The highest BCUT2D eigenvalue weighted by Gasteiger charge is 1.90. The fourth-order valence-electron chi connectivity index (χ4n) is 0.701. The Bertz CT molecular complexity index is 323. The van der Waals surface area contributed by atoms with Gasteiger partial charge in [0.05, 0.1) is 0 Å². The van der Waals surface area contributed by atoms with Crippen molar-refractivity contribution in [3.8, 4) is 11.8 Å². The zero-order valence-corrected chi connectivity index (χ0v) is 7.07. The highest BCUT2D eigenvalue weighted by molar-refractivity contribution is 5.28. The molecule has 3 heteroatoms. The molecule has 0 amide bonds. The van der Waals surface area contributed by atoms with Crippen LogP contribution < -0.4 is 0 Å². The molecule has 0 radical (unpaired) electrons. The summed E-state index contributed by atoms with van der Waals surface area (Å²) < 4.78 is 0. The summed E-state index contributed by atoms with van der Waals surface area (Å²) in [6.07, 6.45) is 0.849. The van der Waals surface area contributed by atoms with Crippen LogP contribution in [0.3, 0.4) is 0 Å². The predicted octanol–water partition coefficient (Wildman–Crippen LogP) is 0.517. The molecule has 0 aromatic carbocycles. The zero-order valence-electron chi connectivity index (χ0n) is 7.07. The summed E-state index contributed by atoms with van der Waals surface area (Å²) in [6.45, 7) is 3.48. The molecule has 0 saturated heterocycles. The van der Waals surface area contributed by atoms with Crippen LogP contribution in [0.1, 0.15) is 18.3 Å². The molecule has 1 aromatic heterocycles. The monoisotopic (exact) mass is 162 g/mol. The van der Waals surface area contributed by atoms with Crippen molar-refractivity contribution in [3.05, 3.63) is 23.8 Å². The molecule has 1 atom stereocenters. The molecule has 12 heavy (non-hydrogen) atoms. The number of aliphatic hydroxyl groups excluding tert-OH is 1. The van der Waals surface area contributed by atoms with E-state index in [1.54, 1.807) is 13.0 Å². The third-order valence-corrected chi connectivity index (χ3v) is 1.21. The van der Waals surface area contributed by atoms with E-state index in [0.717, 1.165) is 5.69 Å². The third-order valence-electron chi connectivity index (χ3n) is 1.21. The van der Waals surface area contributed by atoms with E-state index in [2.05, 4.69) is 21.8 Å². The second-order valence-electron chi connectivity index (χ2n) is 2.49. The Morgan fingerprint density at radius 3 is 2.83 bits per heavy atom. The lowest BCUT2D eigenvalue weighted by atomic mass is 10.3. The first-order valence-electron chi connectivity index (χ1n) is 3.67. The minimum Gasteiger partial charge on any atom is -0.381 e. The Kier molecular flexibility index (Phi) is 2.78. The maximum absolute atomic E-state index is 8.87. The lowest BCUT2D eigenvalue weighted by Gasteiger charge is -1.91. The van der Waals surface area contributed by atoms with Gasteiger partial charge in [-0.2, -0.15) is 0 Å². The van der Waals surface area contributed by atoms with Crippen molar-refractivity contribution in [2.75, 3.05) is 0 Å². The standard InChI is InChI=1S/C9H10N2O/c1-7-5-9(11-6-10-7)4-3-8(2)12/h5-6,8,12H,1-2H3. The quantitative estimate of drug-likeness (QED) is 0.565. The summed E-state index contributed by atoms with van der Waals surface area (Å²) in [5, 5.41) is 8.87. The number of hydrogen-bond donors (Lipinski definition) is 1. The Morgan fingerprint density at radius 1 is 1.50 bits per heavy atom. The molecular weight excluding hydrogens is 152 g/mol. The van der Waals surface area contributed by atoms with Gasteiger partial charge in [-0.3, -0.25) is 0 Å². The molecule has 0 saturated carbocycles. The normalized spacial score (nSPS) is 11.6. The first-order chi connectivity index (χ1) is 5.68. The van der Waals surface area contributed by atoms with E-state index in [9.17, 15) is 0 Å². The van der Waals surface area contributed by atoms with Crippen LogP contribution in [0.2, 0.25) is 0 Å². The molecule has 1 heterocycles. The number of nitrogens with zero attached hydrogens (tertiary/aromatic N) is 2. The SMILES string of the molecule is Cc1cc(C#CC(C)O)ncn1. The molecule has 3 nitrogen and oxygen atoms in total. The smallest absolute Gasteiger partial charge is 0.117 e. The molecule has 1 unspecified atom stereocenters. The van der Waals surface area contributed by atoms with Gasteiger partial charge in [-0.25, -0.2) is 9.97 Å². The van der Waals surface area contributed by atoms with E-state index >= 15 is 0 Å². The number of aromatic nitrogens is 2. The number of aliphatic hydroxyl groups is 1. The number of hydrogen-bond acceptors (Lipinski definition) is 3. The fourth-order valence-corrected chi connectivity index (χ4v) is 0.701. The Labute approximate surface area is 71.5 Å². The molecule has 0 fully saturated rings. The van der Waals surface area contributed by atoms with Gasteiger partial charge in [-0.15, -0.1) is 0 Å². The minimum absolute atomic E-state index is 0.611. The van der Waals surface area contributed by atoms with Crippen molar-refractivity contribution >= 4 is 0 Å². The van der Waals surface area contributed by atoms with E-state index in [4.69, 9.17) is 5.11 Å². The van der Waals surface area contributed by atoms with Crippen molar-refractivity contribution in [2.24, 2.45) is 0 Å². The second kappa shape index (κ2) is 3.84. The zero-order chi connectivity index (χ0) is 8.97. The van der Waals surface area contributed by atoms with E-state index < -0.39 is 6.10 Å². The summed E-state index contributed by atoms with van der Waals surface area (Å²) in [4.78, 5) is 7.84. The van der Waals surface area contributed by atoms with Crippen LogP contribution in [0.4, 0.5) is 0 Å². The fraction of sp³-hybridized carbons (Fsp3) is 0.333. The number of rotatable bonds is 0. The first-order valence-corrected chi connectivity index (χ1v) is 3.67. The van der Waals surface area contributed by atoms with E-state index in [1.165, 1.54) is 6.33 Å². The molecule has 1 N–H and O–H groups in total. The minimum atomic E-state index is -0.611. The van der Waals surface area contributed by atoms with Gasteiger partial charge in [0.2, 0.25) is 0 Å². The van der Waals surface area contributed by atoms with Gasteiger partial charge in [-0.05, 0) is 25.8 Å². The molecule has 0 aliphatic rings. The predicted molar refractivity (Wildman–Crippen MR) is 45.3 cm³/mol. The molecule has 1 aromatic rings. The van der Waals surface area contributed by atoms with Crippen molar-refractivity contribution < 1.29 is 5.11 Å². The van der Waals surface area contributed by atoms with Gasteiger partial charge in [0, 0.05) is 5.69 Å². The third kappa shape index (κ3) is 2.69. The molecule has 0 aliphatic carbocycles. The molecule has 0 aliphatic heterocycles. The van der Waals surface area contributed by atoms with Gasteiger partial charge < -0.3 is 5.11 Å². The van der Waals surface area contributed by atoms with Crippen LogP contribution in [0.5, 0.6) is 0 Å². The average molecular weight is 162 g/mol. The van der Waals surface area contributed by atoms with Gasteiger partial charge in [0.15, 0.2) is 0 Å². The first kappa shape index (κ1) is 8.69. The summed E-state index contributed by atoms with van der Waals surface area (Å²) >= 11 is 0. The van der Waals surface area contributed by atoms with E-state index in [-0.39, 0.29) is 0 Å². The van der Waals surface area contributed by atoms with Gasteiger partial charge >= 0.3 is 0 Å². The van der Waals surface area contributed by atoms with Crippen LogP contribution in [0.15, 0.2) is 12.4 Å². The second-order valence-corrected chi connectivity index (χ2v) is 2.49. The highest BCUT2D eigenvalue weighted by atomic mass is 16.3. The van der Waals surface area contributed by atoms with Crippen LogP contribution in [0.25, 0.3) is 0 Å². The largest absolute Gasteiger partial charge is 0.381 e. The summed E-state index contributed by atoms with van der Waals surface area (Å²) in [5.41, 5.74) is 1.52. The van der Waals surface area contributed by atoms with Gasteiger partial charge in [0.25, 0.3) is 0 Å². The summed E-state index contributed by atoms with van der Waals surface area (Å²) in [5.74, 6) is 5.34. The van der Waals surface area contributed by atoms with E-state index in [1.807, 2.05) is 6.92 Å². The molecule has 0 bridgehead atoms. The van der Waals surface area contributed by atoms with Crippen molar-refractivity contribution in [1.82, 2.24) is 9.97 Å². The topological polar surface area (TPSA) is 46.0 Å². The maximum Gasteiger partial charge on any atom is 0.117 e. The Morgan fingerprint density at radius 2 is 2.25 bits per heavy atom. The van der Waals surface area contributed by atoms with Gasteiger partial charge in [-0.1, -0.05) is 5.92 Å². The van der Waals surface area contributed by atoms with Gasteiger partial charge in [0.1, 0.15) is 18.1 Å². The van der Waals surface area contributed by atoms with Crippen molar-refractivity contribution in [3.63, 3.8) is 0 Å². The Balaban J connectivity index is 2.85. The molecular formula is C9H10N2O. The van der Waals surface area contributed by atoms with E-state index in [0.29, 0.717) is 5.69 Å². The highest BCUT2D eigenvalue weighted by Crippen LogP contribution is 1.93. The summed E-state index contributed by atoms with van der Waals surface area (Å²) in [7, 11) is 0. The number of aryl methyl sites for hydroxylation is 1. The maximum atomic E-state index is 8.87. The Hall–Kier alpha value is -1.40.